The molecule has 2 aromatic rings. The zero-order valence-corrected chi connectivity index (χ0v) is 19.1. The molecule has 2 amide bonds. The van der Waals surface area contributed by atoms with Crippen molar-refractivity contribution in [2.45, 2.75) is 6.92 Å². The highest BCUT2D eigenvalue weighted by Gasteiger charge is 2.42. The molecule has 1 unspecified atom stereocenters. The maximum absolute atomic E-state index is 13.0. The number of amides is 2. The van der Waals surface area contributed by atoms with E-state index in [1.54, 1.807) is 11.8 Å². The van der Waals surface area contributed by atoms with Crippen LogP contribution in [0.25, 0.3) is 0 Å². The molecule has 0 spiro atoms. The van der Waals surface area contributed by atoms with Crippen LogP contribution >= 0.6 is 23.2 Å². The van der Waals surface area contributed by atoms with Crippen LogP contribution in [0.4, 0.5) is 11.4 Å². The summed E-state index contributed by atoms with van der Waals surface area (Å²) in [7, 11) is -3.73. The minimum Gasteiger partial charge on any atom is -0.368 e. The normalized spacial score (nSPS) is 20.9. The topological polar surface area (TPSA) is 78.0 Å². The lowest BCUT2D eigenvalue weighted by Gasteiger charge is -2.36. The van der Waals surface area contributed by atoms with Gasteiger partial charge in [0.15, 0.2) is 0 Å². The summed E-state index contributed by atoms with van der Waals surface area (Å²) in [5.74, 6) is -1.57. The third kappa shape index (κ3) is 4.24. The summed E-state index contributed by atoms with van der Waals surface area (Å²) in [5.41, 5.74) is 1.44. The average Bonchev–Trinajstić information content (AvgIpc) is 2.94. The van der Waals surface area contributed by atoms with E-state index in [4.69, 9.17) is 23.2 Å². The molecule has 0 bridgehead atoms. The van der Waals surface area contributed by atoms with Crippen LogP contribution in [0.1, 0.15) is 17.3 Å². The average molecular weight is 482 g/mol. The minimum atomic E-state index is -3.73. The number of sulfonamides is 1. The molecule has 0 aromatic heterocycles. The standard InChI is InChI=1S/C21H21Cl2N3O4S/c1-14-13-31(29,30)26(20(14)27)17-5-6-18(19(23)12-17)21(28)25-9-7-24(8-10-25)16-4-2-3-15(22)11-16/h2-6,11-12,14H,7-10,13H2,1H3. The highest BCUT2D eigenvalue weighted by atomic mass is 35.5. The van der Waals surface area contributed by atoms with E-state index >= 15 is 0 Å². The van der Waals surface area contributed by atoms with E-state index in [2.05, 4.69) is 4.90 Å². The Morgan fingerprint density at radius 1 is 1.00 bits per heavy atom. The fourth-order valence-electron chi connectivity index (χ4n) is 3.90. The molecule has 2 aromatic carbocycles. The van der Waals surface area contributed by atoms with Crippen LogP contribution in [-0.4, -0.2) is 57.1 Å². The molecule has 10 heteroatoms. The Balaban J connectivity index is 1.48. The van der Waals surface area contributed by atoms with Gasteiger partial charge in [-0.05, 0) is 36.4 Å². The lowest BCUT2D eigenvalue weighted by molar-refractivity contribution is -0.119. The Bertz CT molecular complexity index is 1150. The number of nitrogens with zero attached hydrogens (tertiary/aromatic N) is 3. The van der Waals surface area contributed by atoms with Gasteiger partial charge < -0.3 is 9.80 Å². The van der Waals surface area contributed by atoms with Crippen molar-refractivity contribution in [2.24, 2.45) is 5.92 Å². The zero-order chi connectivity index (χ0) is 22.3. The molecule has 2 fully saturated rings. The van der Waals surface area contributed by atoms with Gasteiger partial charge in [0.2, 0.25) is 15.9 Å². The molecule has 2 heterocycles. The first kappa shape index (κ1) is 21.9. The summed E-state index contributed by atoms with van der Waals surface area (Å²) in [6, 6.07) is 11.9. The molecule has 2 aliphatic rings. The minimum absolute atomic E-state index is 0.113. The number of carbonyl (C=O) groups excluding carboxylic acids is 2. The Kier molecular flexibility index (Phi) is 5.89. The molecule has 2 aliphatic heterocycles. The largest absolute Gasteiger partial charge is 0.368 e. The molecule has 0 aliphatic carbocycles. The summed E-state index contributed by atoms with van der Waals surface area (Å²) < 4.78 is 25.4. The Morgan fingerprint density at radius 3 is 2.29 bits per heavy atom. The maximum Gasteiger partial charge on any atom is 0.255 e. The van der Waals surface area contributed by atoms with Crippen molar-refractivity contribution in [1.29, 1.82) is 0 Å². The van der Waals surface area contributed by atoms with E-state index in [9.17, 15) is 18.0 Å². The van der Waals surface area contributed by atoms with Crippen molar-refractivity contribution in [3.63, 3.8) is 0 Å². The number of halogens is 2. The van der Waals surface area contributed by atoms with E-state index in [0.29, 0.717) is 31.2 Å². The predicted octanol–water partition coefficient (Wildman–Crippen LogP) is 3.27. The number of carbonyl (C=O) groups is 2. The first-order valence-corrected chi connectivity index (χ1v) is 12.2. The first-order chi connectivity index (χ1) is 14.7. The van der Waals surface area contributed by atoms with Gasteiger partial charge in [0.25, 0.3) is 5.91 Å². The predicted molar refractivity (Wildman–Crippen MR) is 121 cm³/mol. The summed E-state index contributed by atoms with van der Waals surface area (Å²) in [5, 5.41) is 0.776. The third-order valence-electron chi connectivity index (χ3n) is 5.52. The second kappa shape index (κ2) is 8.33. The fourth-order valence-corrected chi connectivity index (χ4v) is 6.15. The van der Waals surface area contributed by atoms with E-state index < -0.39 is 21.8 Å². The van der Waals surface area contributed by atoms with Crippen molar-refractivity contribution in [3.8, 4) is 0 Å². The van der Waals surface area contributed by atoms with Crippen LogP contribution in [0.2, 0.25) is 10.0 Å². The van der Waals surface area contributed by atoms with Gasteiger partial charge in [-0.25, -0.2) is 12.7 Å². The quantitative estimate of drug-likeness (QED) is 0.671. The SMILES string of the molecule is CC1CS(=O)(=O)N(c2ccc(C(=O)N3CCN(c4cccc(Cl)c4)CC3)c(Cl)c2)C1=O. The third-order valence-corrected chi connectivity index (χ3v) is 7.93. The number of hydrogen-bond donors (Lipinski definition) is 0. The number of piperazine rings is 1. The van der Waals surface area contributed by atoms with Crippen molar-refractivity contribution in [3.05, 3.63) is 58.1 Å². The van der Waals surface area contributed by atoms with Crippen LogP contribution in [0, 0.1) is 5.92 Å². The van der Waals surface area contributed by atoms with Gasteiger partial charge in [0.1, 0.15) is 0 Å². The Labute approximate surface area is 191 Å². The lowest BCUT2D eigenvalue weighted by Crippen LogP contribution is -2.48. The second-order valence-electron chi connectivity index (χ2n) is 7.71. The van der Waals surface area contributed by atoms with Crippen LogP contribution in [0.15, 0.2) is 42.5 Å². The van der Waals surface area contributed by atoms with Gasteiger partial charge in [0.05, 0.1) is 27.9 Å². The van der Waals surface area contributed by atoms with E-state index in [-0.39, 0.29) is 27.9 Å². The first-order valence-electron chi connectivity index (χ1n) is 9.83. The molecule has 2 saturated heterocycles. The molecule has 4 rings (SSSR count). The van der Waals surface area contributed by atoms with Gasteiger partial charge >= 0.3 is 0 Å². The molecular formula is C21H21Cl2N3O4S. The van der Waals surface area contributed by atoms with Crippen LogP contribution in [0.3, 0.4) is 0 Å². The molecule has 31 heavy (non-hydrogen) atoms. The molecule has 0 N–H and O–H groups in total. The number of anilines is 2. The monoisotopic (exact) mass is 481 g/mol. The van der Waals surface area contributed by atoms with Crippen molar-refractivity contribution >= 4 is 56.4 Å². The summed E-state index contributed by atoms with van der Waals surface area (Å²) >= 11 is 12.4. The summed E-state index contributed by atoms with van der Waals surface area (Å²) in [6.45, 7) is 3.91. The van der Waals surface area contributed by atoms with Crippen LogP contribution in [-0.2, 0) is 14.8 Å². The Morgan fingerprint density at radius 2 is 1.71 bits per heavy atom. The Hall–Kier alpha value is -2.29. The molecule has 7 nitrogen and oxygen atoms in total. The summed E-state index contributed by atoms with van der Waals surface area (Å²) in [4.78, 5) is 29.1. The number of rotatable bonds is 3. The highest BCUT2D eigenvalue weighted by Crippen LogP contribution is 2.32. The van der Waals surface area contributed by atoms with Crippen molar-refractivity contribution < 1.29 is 18.0 Å². The maximum atomic E-state index is 13.0. The molecular weight excluding hydrogens is 461 g/mol. The molecule has 1 atom stereocenters. The van der Waals surface area contributed by atoms with Gasteiger partial charge in [-0.1, -0.05) is 36.2 Å². The molecule has 0 saturated carbocycles. The van der Waals surface area contributed by atoms with Crippen molar-refractivity contribution in [1.82, 2.24) is 4.90 Å². The van der Waals surface area contributed by atoms with Gasteiger partial charge in [0, 0.05) is 36.9 Å². The van der Waals surface area contributed by atoms with Gasteiger partial charge in [-0.3, -0.25) is 9.59 Å². The summed E-state index contributed by atoms with van der Waals surface area (Å²) in [6.07, 6.45) is 0. The lowest BCUT2D eigenvalue weighted by atomic mass is 10.1. The second-order valence-corrected chi connectivity index (χ2v) is 10.4. The van der Waals surface area contributed by atoms with E-state index in [0.717, 1.165) is 9.99 Å². The number of hydrogen-bond acceptors (Lipinski definition) is 5. The number of benzene rings is 2. The molecule has 164 valence electrons. The fraction of sp³-hybridized carbons (Fsp3) is 0.333. The van der Waals surface area contributed by atoms with E-state index in [1.807, 2.05) is 24.3 Å². The van der Waals surface area contributed by atoms with Crippen LogP contribution < -0.4 is 9.21 Å². The molecule has 0 radical (unpaired) electrons. The van der Waals surface area contributed by atoms with Gasteiger partial charge in [-0.2, -0.15) is 0 Å². The smallest absolute Gasteiger partial charge is 0.255 e. The van der Waals surface area contributed by atoms with E-state index in [1.165, 1.54) is 18.2 Å². The highest BCUT2D eigenvalue weighted by molar-refractivity contribution is 7.94. The zero-order valence-electron chi connectivity index (χ0n) is 16.8. The van der Waals surface area contributed by atoms with Crippen molar-refractivity contribution in [2.75, 3.05) is 41.1 Å². The van der Waals surface area contributed by atoms with Gasteiger partial charge in [-0.15, -0.1) is 0 Å². The van der Waals surface area contributed by atoms with Crippen LogP contribution in [0.5, 0.6) is 0 Å².